The van der Waals surface area contributed by atoms with Crippen molar-refractivity contribution in [3.05, 3.63) is 129 Å². The Balaban J connectivity index is 1.32. The number of rotatable bonds is 32. The molecule has 4 atom stereocenters. The number of carbonyl (C=O) groups is 2. The molecule has 5 rings (SSSR count). The monoisotopic (exact) mass is 914 g/mol. The average Bonchev–Trinajstić information content (AvgIpc) is 3.66. The molecule has 3 aromatic carbocycles. The van der Waals surface area contributed by atoms with E-state index in [-0.39, 0.29) is 19.8 Å². The van der Waals surface area contributed by atoms with Crippen LogP contribution < -0.4 is 20.7 Å². The molecular formula is C52H70N2O12. The van der Waals surface area contributed by atoms with Crippen molar-refractivity contribution in [1.29, 1.82) is 0 Å². The normalized spacial score (nSPS) is 17.1. The summed E-state index contributed by atoms with van der Waals surface area (Å²) in [5.41, 5.74) is -0.402. The molecule has 4 aromatic rings. The summed E-state index contributed by atoms with van der Waals surface area (Å²) in [7, 11) is 3.18. The van der Waals surface area contributed by atoms with Crippen molar-refractivity contribution in [2.75, 3.05) is 40.6 Å². The topological polar surface area (TPSA) is 174 Å². The Morgan fingerprint density at radius 1 is 0.667 bits per heavy atom. The van der Waals surface area contributed by atoms with E-state index in [1.807, 2.05) is 78.9 Å². The van der Waals surface area contributed by atoms with Crippen LogP contribution in [-0.4, -0.2) is 85.6 Å². The second kappa shape index (κ2) is 28.0. The molecule has 2 unspecified atom stereocenters. The molecule has 2 heterocycles. The van der Waals surface area contributed by atoms with Gasteiger partial charge in [-0.3, -0.25) is 23.9 Å². The molecule has 1 aromatic heterocycles. The first-order valence-electron chi connectivity index (χ1n) is 23.8. The van der Waals surface area contributed by atoms with E-state index in [0.717, 1.165) is 36.0 Å². The van der Waals surface area contributed by atoms with Crippen LogP contribution >= 0.6 is 0 Å². The highest BCUT2D eigenvalue weighted by Crippen LogP contribution is 2.43. The lowest BCUT2D eigenvalue weighted by Gasteiger charge is -2.37. The van der Waals surface area contributed by atoms with Crippen LogP contribution in [0.15, 0.2) is 101 Å². The van der Waals surface area contributed by atoms with E-state index in [2.05, 4.69) is 11.9 Å². The highest BCUT2D eigenvalue weighted by Gasteiger charge is 2.51. The predicted octanol–water partition coefficient (Wildman–Crippen LogP) is 9.12. The lowest BCUT2D eigenvalue weighted by molar-refractivity contribution is -0.162. The van der Waals surface area contributed by atoms with Crippen LogP contribution in [0.3, 0.4) is 0 Å². The summed E-state index contributed by atoms with van der Waals surface area (Å²) in [5, 5.41) is 9.38. The molecular weight excluding hydrogens is 845 g/mol. The van der Waals surface area contributed by atoms with Gasteiger partial charge in [-0.05, 0) is 47.4 Å². The molecule has 0 aliphatic carbocycles. The molecule has 1 fully saturated rings. The molecule has 0 bridgehead atoms. The lowest BCUT2D eigenvalue weighted by atomic mass is 9.80. The first kappa shape index (κ1) is 51.7. The lowest BCUT2D eigenvalue weighted by Crippen LogP contribution is -2.43. The van der Waals surface area contributed by atoms with Crippen molar-refractivity contribution in [3.8, 4) is 11.5 Å². The molecule has 0 radical (unpaired) electrons. The van der Waals surface area contributed by atoms with Crippen LogP contribution in [-0.2, 0) is 38.9 Å². The number of esters is 1. The summed E-state index contributed by atoms with van der Waals surface area (Å²) in [6.45, 7) is 2.86. The van der Waals surface area contributed by atoms with Crippen LogP contribution in [0, 0.1) is 0 Å². The van der Waals surface area contributed by atoms with E-state index in [9.17, 15) is 24.3 Å². The first-order chi connectivity index (χ1) is 32.2. The minimum absolute atomic E-state index is 0.0592. The molecule has 1 aliphatic rings. The summed E-state index contributed by atoms with van der Waals surface area (Å²) in [6.07, 6.45) is 13.5. The second-order valence-corrected chi connectivity index (χ2v) is 16.8. The fourth-order valence-electron chi connectivity index (χ4n) is 8.46. The second-order valence-electron chi connectivity index (χ2n) is 16.8. The van der Waals surface area contributed by atoms with Crippen LogP contribution in [0.1, 0.15) is 133 Å². The highest BCUT2D eigenvalue weighted by atomic mass is 16.6. The molecule has 0 saturated carbocycles. The zero-order chi connectivity index (χ0) is 47.0. The number of H-pyrrole nitrogens is 1. The number of nitrogens with one attached hydrogen (secondary N) is 1. The summed E-state index contributed by atoms with van der Waals surface area (Å²) in [6, 6.07) is 25.8. The Labute approximate surface area is 388 Å². The largest absolute Gasteiger partial charge is 0.497 e. The van der Waals surface area contributed by atoms with Gasteiger partial charge in [0.2, 0.25) is 0 Å². The Morgan fingerprint density at radius 3 is 1.74 bits per heavy atom. The molecule has 1 saturated heterocycles. The standard InChI is InChI=1S/C52H70N2O12/c1-4-5-6-7-8-9-10-11-12-13-14-15-16-20-35-62-36-37-63-49-48(66-47(58)32-31-46(56)57)44(65-50(49)54-34-33-45(55)53-51(54)59)38-64-52(39-21-18-17-19-22-39,40-23-27-42(60-2)28-24-40)41-25-29-43(61-3)30-26-41/h17-19,21-30,33-34,44,48-50H,4-16,20,31-32,35-38H2,1-3H3,(H,56,57)(H,53,55,59)/t44-,48?,49?,50-/m1/s1. The first-order valence-corrected chi connectivity index (χ1v) is 23.8. The van der Waals surface area contributed by atoms with Gasteiger partial charge in [-0.15, -0.1) is 0 Å². The molecule has 360 valence electrons. The van der Waals surface area contributed by atoms with Gasteiger partial charge in [0.05, 0.1) is 46.9 Å². The van der Waals surface area contributed by atoms with E-state index >= 15 is 0 Å². The summed E-state index contributed by atoms with van der Waals surface area (Å²) in [4.78, 5) is 52.6. The molecule has 0 spiro atoms. The fourth-order valence-corrected chi connectivity index (χ4v) is 8.46. The zero-order valence-corrected chi connectivity index (χ0v) is 39.0. The van der Waals surface area contributed by atoms with Gasteiger partial charge in [0.15, 0.2) is 12.3 Å². The Kier molecular flexibility index (Phi) is 22.0. The third-order valence-electron chi connectivity index (χ3n) is 12.0. The van der Waals surface area contributed by atoms with Crippen LogP contribution in [0.2, 0.25) is 0 Å². The number of carboxylic acids is 1. The van der Waals surface area contributed by atoms with Gasteiger partial charge in [-0.2, -0.15) is 0 Å². The molecule has 14 heteroatoms. The minimum Gasteiger partial charge on any atom is -0.497 e. The molecule has 2 N–H and O–H groups in total. The molecule has 14 nitrogen and oxygen atoms in total. The van der Waals surface area contributed by atoms with Crippen LogP contribution in [0.4, 0.5) is 0 Å². The predicted molar refractivity (Wildman–Crippen MR) is 251 cm³/mol. The van der Waals surface area contributed by atoms with Gasteiger partial charge in [-0.25, -0.2) is 4.79 Å². The number of carbonyl (C=O) groups excluding carboxylic acids is 1. The van der Waals surface area contributed by atoms with E-state index < -0.39 is 66.2 Å². The van der Waals surface area contributed by atoms with Crippen molar-refractivity contribution in [2.45, 2.75) is 140 Å². The maximum absolute atomic E-state index is 13.4. The number of aromatic nitrogens is 2. The average molecular weight is 915 g/mol. The van der Waals surface area contributed by atoms with E-state index in [4.69, 9.17) is 33.2 Å². The van der Waals surface area contributed by atoms with Crippen LogP contribution in [0.25, 0.3) is 0 Å². The fraction of sp³-hybridized carbons (Fsp3) is 0.538. The Morgan fingerprint density at radius 2 is 1.21 bits per heavy atom. The maximum Gasteiger partial charge on any atom is 0.330 e. The number of nitrogens with zero attached hydrogens (tertiary/aromatic N) is 1. The van der Waals surface area contributed by atoms with Crippen molar-refractivity contribution in [3.63, 3.8) is 0 Å². The third kappa shape index (κ3) is 15.4. The number of aromatic amines is 1. The quantitative estimate of drug-likeness (QED) is 0.0271. The number of hydrogen-bond donors (Lipinski definition) is 2. The third-order valence-corrected chi connectivity index (χ3v) is 12.0. The van der Waals surface area contributed by atoms with Gasteiger partial charge >= 0.3 is 17.6 Å². The smallest absolute Gasteiger partial charge is 0.330 e. The van der Waals surface area contributed by atoms with Gasteiger partial charge in [0, 0.05) is 18.9 Å². The summed E-state index contributed by atoms with van der Waals surface area (Å²) >= 11 is 0. The number of methoxy groups -OCH3 is 2. The Hall–Kier alpha value is -5.28. The van der Waals surface area contributed by atoms with Gasteiger partial charge in [-0.1, -0.05) is 145 Å². The number of unbranched alkanes of at least 4 members (excludes halogenated alkanes) is 13. The Bertz CT molecular complexity index is 2070. The van der Waals surface area contributed by atoms with E-state index in [1.54, 1.807) is 14.2 Å². The van der Waals surface area contributed by atoms with Gasteiger partial charge < -0.3 is 38.3 Å². The highest BCUT2D eigenvalue weighted by molar-refractivity contribution is 5.76. The van der Waals surface area contributed by atoms with Gasteiger partial charge in [0.25, 0.3) is 5.56 Å². The maximum atomic E-state index is 13.4. The number of aliphatic carboxylic acids is 1. The van der Waals surface area contributed by atoms with Gasteiger partial charge in [0.1, 0.15) is 29.3 Å². The molecule has 66 heavy (non-hydrogen) atoms. The van der Waals surface area contributed by atoms with E-state index in [0.29, 0.717) is 18.1 Å². The van der Waals surface area contributed by atoms with Crippen molar-refractivity contribution in [2.24, 2.45) is 0 Å². The zero-order valence-electron chi connectivity index (χ0n) is 39.0. The van der Waals surface area contributed by atoms with Crippen LogP contribution in [0.5, 0.6) is 11.5 Å². The van der Waals surface area contributed by atoms with E-state index in [1.165, 1.54) is 87.5 Å². The number of benzene rings is 3. The van der Waals surface area contributed by atoms with Crippen molar-refractivity contribution in [1.82, 2.24) is 9.55 Å². The number of hydrogen-bond acceptors (Lipinski definition) is 11. The van der Waals surface area contributed by atoms with Crippen molar-refractivity contribution < 1.29 is 47.9 Å². The van der Waals surface area contributed by atoms with Crippen molar-refractivity contribution >= 4 is 11.9 Å². The summed E-state index contributed by atoms with van der Waals surface area (Å²) in [5.74, 6) is -0.684. The number of carboxylic acid groups (broad SMARTS) is 1. The molecule has 0 amide bonds. The molecule has 1 aliphatic heterocycles. The minimum atomic E-state index is -1.29. The number of ether oxygens (including phenoxy) is 7. The SMILES string of the molecule is CCCCCCCCCCCCCCCCOCCOC1C(OC(=O)CCC(=O)O)[C@@H](COC(c2ccccc2)(c2ccc(OC)cc2)c2ccc(OC)cc2)O[C@H]1n1ccc(=O)[nH]c1=O. The summed E-state index contributed by atoms with van der Waals surface area (Å²) < 4.78 is 44.3.